The monoisotopic (exact) mass is 212 g/mol. The number of ether oxygens (including phenoxy) is 1. The Hall–Kier alpha value is -1.03. The Kier molecular flexibility index (Phi) is 3.74. The van der Waals surface area contributed by atoms with Crippen molar-refractivity contribution in [2.45, 2.75) is 26.2 Å². The number of hydrogen-bond acceptors (Lipinski definition) is 4. The van der Waals surface area contributed by atoms with Gasteiger partial charge in [-0.15, -0.1) is 0 Å². The molecule has 1 rings (SSSR count). The molecule has 0 aliphatic carbocycles. The number of rotatable bonds is 4. The van der Waals surface area contributed by atoms with Crippen LogP contribution in [0.25, 0.3) is 0 Å². The third-order valence-corrected chi connectivity index (χ3v) is 2.04. The van der Waals surface area contributed by atoms with E-state index in [1.807, 2.05) is 14.1 Å². The van der Waals surface area contributed by atoms with Crippen molar-refractivity contribution in [3.63, 3.8) is 0 Å². The summed E-state index contributed by atoms with van der Waals surface area (Å²) in [4.78, 5) is 2.07. The van der Waals surface area contributed by atoms with Crippen LogP contribution in [0.2, 0.25) is 0 Å². The van der Waals surface area contributed by atoms with Gasteiger partial charge in [-0.05, 0) is 14.1 Å². The molecule has 1 aromatic rings. The molecule has 0 bridgehead atoms. The molecule has 0 saturated carbocycles. The highest BCUT2D eigenvalue weighted by Gasteiger charge is 2.23. The average molecular weight is 212 g/mol. The minimum absolute atomic E-state index is 0.0412. The third-order valence-electron chi connectivity index (χ3n) is 2.04. The highest BCUT2D eigenvalue weighted by atomic mass is 16.5. The summed E-state index contributed by atoms with van der Waals surface area (Å²) in [5.41, 5.74) is 0.835. The molecular formula is C11H20N2O2. The Morgan fingerprint density at radius 2 is 2.07 bits per heavy atom. The molecule has 0 atom stereocenters. The summed E-state index contributed by atoms with van der Waals surface area (Å²) in [6, 6.07) is 0. The Bertz CT molecular complexity index is 300. The summed E-state index contributed by atoms with van der Waals surface area (Å²) in [6.07, 6.45) is 1.57. The van der Waals surface area contributed by atoms with Gasteiger partial charge < -0.3 is 14.2 Å². The van der Waals surface area contributed by atoms with E-state index < -0.39 is 0 Å². The normalized spacial score (nSPS) is 12.1. The Labute approximate surface area is 91.2 Å². The quantitative estimate of drug-likeness (QED) is 0.764. The minimum atomic E-state index is -0.0412. The predicted molar refractivity (Wildman–Crippen MR) is 59.3 cm³/mol. The lowest BCUT2D eigenvalue weighted by molar-refractivity contribution is 0.256. The van der Waals surface area contributed by atoms with Gasteiger partial charge in [0.15, 0.2) is 12.0 Å². The average Bonchev–Trinajstić information content (AvgIpc) is 2.50. The molecule has 0 amide bonds. The summed E-state index contributed by atoms with van der Waals surface area (Å²) in [7, 11) is 4.03. The maximum Gasteiger partial charge on any atom is 0.182 e. The minimum Gasteiger partial charge on any atom is -0.487 e. The Morgan fingerprint density at radius 3 is 2.60 bits per heavy atom. The van der Waals surface area contributed by atoms with Gasteiger partial charge in [-0.1, -0.05) is 25.9 Å². The van der Waals surface area contributed by atoms with Crippen LogP contribution in [0, 0.1) is 0 Å². The maximum atomic E-state index is 5.62. The van der Waals surface area contributed by atoms with Crippen LogP contribution in [0.3, 0.4) is 0 Å². The van der Waals surface area contributed by atoms with Gasteiger partial charge in [0.2, 0.25) is 0 Å². The van der Waals surface area contributed by atoms with Crippen LogP contribution in [0.1, 0.15) is 26.5 Å². The van der Waals surface area contributed by atoms with E-state index >= 15 is 0 Å². The lowest BCUT2D eigenvalue weighted by Gasteiger charge is -2.17. The zero-order chi connectivity index (χ0) is 11.5. The molecule has 0 spiro atoms. The van der Waals surface area contributed by atoms with Gasteiger partial charge in [0.1, 0.15) is 12.3 Å². The Morgan fingerprint density at radius 1 is 1.40 bits per heavy atom. The van der Waals surface area contributed by atoms with Crippen molar-refractivity contribution in [3.05, 3.63) is 12.0 Å². The van der Waals surface area contributed by atoms with Crippen molar-refractivity contribution in [1.82, 2.24) is 10.1 Å². The molecule has 4 nitrogen and oxygen atoms in total. The molecule has 0 radical (unpaired) electrons. The SMILES string of the molecule is CN(C)CCOc1conc1C(C)(C)C. The topological polar surface area (TPSA) is 38.5 Å². The van der Waals surface area contributed by atoms with Gasteiger partial charge >= 0.3 is 0 Å². The fraction of sp³-hybridized carbons (Fsp3) is 0.727. The summed E-state index contributed by atoms with van der Waals surface area (Å²) >= 11 is 0. The van der Waals surface area contributed by atoms with Crippen LogP contribution in [-0.2, 0) is 5.41 Å². The van der Waals surface area contributed by atoms with Crippen LogP contribution >= 0.6 is 0 Å². The molecule has 4 heteroatoms. The molecule has 1 heterocycles. The van der Waals surface area contributed by atoms with Crippen LogP contribution in [0.5, 0.6) is 5.75 Å². The van der Waals surface area contributed by atoms with Gasteiger partial charge in [0.05, 0.1) is 0 Å². The third kappa shape index (κ3) is 3.55. The molecule has 0 aliphatic rings. The van der Waals surface area contributed by atoms with Gasteiger partial charge in [-0.2, -0.15) is 0 Å². The molecule has 15 heavy (non-hydrogen) atoms. The number of nitrogens with zero attached hydrogens (tertiary/aromatic N) is 2. The highest BCUT2D eigenvalue weighted by molar-refractivity contribution is 5.28. The maximum absolute atomic E-state index is 5.62. The van der Waals surface area contributed by atoms with Crippen molar-refractivity contribution >= 4 is 0 Å². The standard InChI is InChI=1S/C11H20N2O2/c1-11(2,3)10-9(8-15-12-10)14-7-6-13(4)5/h8H,6-7H2,1-5H3. The zero-order valence-corrected chi connectivity index (χ0v) is 10.2. The molecule has 0 N–H and O–H groups in total. The van der Waals surface area contributed by atoms with Crippen molar-refractivity contribution in [1.29, 1.82) is 0 Å². The fourth-order valence-corrected chi connectivity index (χ4v) is 1.17. The molecule has 0 fully saturated rings. The Balaban J connectivity index is 2.58. The summed E-state index contributed by atoms with van der Waals surface area (Å²) < 4.78 is 10.6. The predicted octanol–water partition coefficient (Wildman–Crippen LogP) is 1.91. The molecule has 0 saturated heterocycles. The molecular weight excluding hydrogens is 192 g/mol. The smallest absolute Gasteiger partial charge is 0.182 e. The number of hydrogen-bond donors (Lipinski definition) is 0. The van der Waals surface area contributed by atoms with E-state index in [1.54, 1.807) is 6.26 Å². The lowest BCUT2D eigenvalue weighted by Crippen LogP contribution is -2.20. The molecule has 86 valence electrons. The van der Waals surface area contributed by atoms with Crippen molar-refractivity contribution in [2.75, 3.05) is 27.2 Å². The van der Waals surface area contributed by atoms with E-state index in [1.165, 1.54) is 0 Å². The first kappa shape index (κ1) is 12.0. The summed E-state index contributed by atoms with van der Waals surface area (Å²) in [6.45, 7) is 7.79. The second kappa shape index (κ2) is 4.66. The van der Waals surface area contributed by atoms with E-state index in [2.05, 4.69) is 30.8 Å². The van der Waals surface area contributed by atoms with E-state index in [0.29, 0.717) is 6.61 Å². The van der Waals surface area contributed by atoms with Gasteiger partial charge in [-0.3, -0.25) is 0 Å². The number of likely N-dealkylation sites (N-methyl/N-ethyl adjacent to an activating group) is 1. The molecule has 0 aliphatic heterocycles. The zero-order valence-electron chi connectivity index (χ0n) is 10.2. The van der Waals surface area contributed by atoms with E-state index in [0.717, 1.165) is 18.0 Å². The largest absolute Gasteiger partial charge is 0.487 e. The van der Waals surface area contributed by atoms with E-state index in [9.17, 15) is 0 Å². The van der Waals surface area contributed by atoms with E-state index in [-0.39, 0.29) is 5.41 Å². The number of aromatic nitrogens is 1. The molecule has 1 aromatic heterocycles. The summed E-state index contributed by atoms with van der Waals surface area (Å²) in [5.74, 6) is 0.754. The summed E-state index contributed by atoms with van der Waals surface area (Å²) in [5, 5.41) is 3.97. The van der Waals surface area contributed by atoms with E-state index in [4.69, 9.17) is 9.26 Å². The van der Waals surface area contributed by atoms with Crippen LogP contribution in [-0.4, -0.2) is 37.3 Å². The van der Waals surface area contributed by atoms with Crippen molar-refractivity contribution in [3.8, 4) is 5.75 Å². The van der Waals surface area contributed by atoms with Crippen LogP contribution in [0.4, 0.5) is 0 Å². The first-order chi connectivity index (χ1) is 6.91. The van der Waals surface area contributed by atoms with Gasteiger partial charge in [0.25, 0.3) is 0 Å². The van der Waals surface area contributed by atoms with Crippen molar-refractivity contribution in [2.24, 2.45) is 0 Å². The van der Waals surface area contributed by atoms with Crippen LogP contribution in [0.15, 0.2) is 10.8 Å². The molecule has 0 aromatic carbocycles. The second-order valence-corrected chi connectivity index (χ2v) is 4.93. The van der Waals surface area contributed by atoms with Gasteiger partial charge in [-0.25, -0.2) is 0 Å². The highest BCUT2D eigenvalue weighted by Crippen LogP contribution is 2.29. The first-order valence-electron chi connectivity index (χ1n) is 5.13. The first-order valence-corrected chi connectivity index (χ1v) is 5.13. The second-order valence-electron chi connectivity index (χ2n) is 4.93. The van der Waals surface area contributed by atoms with Gasteiger partial charge in [0, 0.05) is 12.0 Å². The molecule has 0 unspecified atom stereocenters. The van der Waals surface area contributed by atoms with Crippen LogP contribution < -0.4 is 4.74 Å². The van der Waals surface area contributed by atoms with Crippen molar-refractivity contribution < 1.29 is 9.26 Å². The lowest BCUT2D eigenvalue weighted by atomic mass is 9.92. The fourth-order valence-electron chi connectivity index (χ4n) is 1.17.